The second-order valence-corrected chi connectivity index (χ2v) is 8.10. The molecule has 0 aromatic heterocycles. The molecule has 0 bridgehead atoms. The highest BCUT2D eigenvalue weighted by atomic mass is 32.2. The summed E-state index contributed by atoms with van der Waals surface area (Å²) in [6.45, 7) is 6.34. The number of piperazine rings is 1. The van der Waals surface area contributed by atoms with Crippen LogP contribution in [0, 0.1) is 6.92 Å². The van der Waals surface area contributed by atoms with Gasteiger partial charge in [-0.3, -0.25) is 4.90 Å². The Morgan fingerprint density at radius 1 is 1.29 bits per heavy atom. The first-order chi connectivity index (χ1) is 9.89. The lowest BCUT2D eigenvalue weighted by atomic mass is 10.1. The number of benzene rings is 1. The fraction of sp³-hybridized carbons (Fsp3) is 0.600. The van der Waals surface area contributed by atoms with Gasteiger partial charge < -0.3 is 5.73 Å². The molecule has 21 heavy (non-hydrogen) atoms. The summed E-state index contributed by atoms with van der Waals surface area (Å²) in [7, 11) is -3.45. The molecular formula is C15H23N3O2S. The first-order valence-electron chi connectivity index (χ1n) is 7.51. The number of sulfonamides is 1. The predicted molar refractivity (Wildman–Crippen MR) is 83.5 cm³/mol. The summed E-state index contributed by atoms with van der Waals surface area (Å²) in [4.78, 5) is 2.81. The third-order valence-electron chi connectivity index (χ3n) is 4.67. The van der Waals surface area contributed by atoms with Crippen molar-refractivity contribution in [2.24, 2.45) is 0 Å². The SMILES string of the molecule is Cc1cc(N)ccc1S(=O)(=O)N1CC2CCCN2CC1C. The van der Waals surface area contributed by atoms with Crippen LogP contribution >= 0.6 is 0 Å². The van der Waals surface area contributed by atoms with Crippen LogP contribution in [0.25, 0.3) is 0 Å². The van der Waals surface area contributed by atoms with Gasteiger partial charge in [0.05, 0.1) is 4.90 Å². The van der Waals surface area contributed by atoms with Crippen molar-refractivity contribution in [2.75, 3.05) is 25.4 Å². The van der Waals surface area contributed by atoms with E-state index in [9.17, 15) is 8.42 Å². The molecular weight excluding hydrogens is 286 g/mol. The predicted octanol–water partition coefficient (Wildman–Crippen LogP) is 1.43. The summed E-state index contributed by atoms with van der Waals surface area (Å²) in [6.07, 6.45) is 2.27. The van der Waals surface area contributed by atoms with Crippen molar-refractivity contribution >= 4 is 15.7 Å². The van der Waals surface area contributed by atoms with Gasteiger partial charge in [0, 0.05) is 30.9 Å². The fourth-order valence-electron chi connectivity index (χ4n) is 3.58. The normalized spacial score (nSPS) is 27.7. The highest BCUT2D eigenvalue weighted by Gasteiger charge is 2.40. The van der Waals surface area contributed by atoms with Crippen LogP contribution in [0.5, 0.6) is 0 Å². The van der Waals surface area contributed by atoms with Crippen LogP contribution in [0.1, 0.15) is 25.3 Å². The van der Waals surface area contributed by atoms with E-state index in [0.29, 0.717) is 23.2 Å². The molecule has 0 amide bonds. The molecule has 1 aromatic rings. The van der Waals surface area contributed by atoms with Gasteiger partial charge in [0.15, 0.2) is 0 Å². The molecule has 0 saturated carbocycles. The van der Waals surface area contributed by atoms with Crippen LogP contribution in [-0.2, 0) is 10.0 Å². The lowest BCUT2D eigenvalue weighted by Crippen LogP contribution is -2.56. The summed E-state index contributed by atoms with van der Waals surface area (Å²) in [5.41, 5.74) is 7.05. The minimum absolute atomic E-state index is 0.0151. The fourth-order valence-corrected chi connectivity index (χ4v) is 5.45. The summed E-state index contributed by atoms with van der Waals surface area (Å²) in [6, 6.07) is 5.42. The van der Waals surface area contributed by atoms with Gasteiger partial charge in [0.1, 0.15) is 0 Å². The molecule has 2 saturated heterocycles. The van der Waals surface area contributed by atoms with Gasteiger partial charge in [-0.1, -0.05) is 0 Å². The van der Waals surface area contributed by atoms with E-state index in [0.717, 1.165) is 25.1 Å². The van der Waals surface area contributed by atoms with Crippen LogP contribution in [0.2, 0.25) is 0 Å². The van der Waals surface area contributed by atoms with Crippen molar-refractivity contribution in [1.82, 2.24) is 9.21 Å². The maximum Gasteiger partial charge on any atom is 0.243 e. The Balaban J connectivity index is 1.93. The number of anilines is 1. The van der Waals surface area contributed by atoms with E-state index in [1.165, 1.54) is 6.42 Å². The number of nitrogen functional groups attached to an aromatic ring is 1. The molecule has 5 nitrogen and oxygen atoms in total. The molecule has 1 aromatic carbocycles. The van der Waals surface area contributed by atoms with Crippen molar-refractivity contribution in [2.45, 2.75) is 43.7 Å². The van der Waals surface area contributed by atoms with Crippen LogP contribution in [-0.4, -0.2) is 49.3 Å². The van der Waals surface area contributed by atoms with E-state index in [1.54, 1.807) is 29.4 Å². The van der Waals surface area contributed by atoms with E-state index < -0.39 is 10.0 Å². The Morgan fingerprint density at radius 2 is 2.05 bits per heavy atom. The molecule has 2 N–H and O–H groups in total. The van der Waals surface area contributed by atoms with Crippen LogP contribution < -0.4 is 5.73 Å². The summed E-state index contributed by atoms with van der Waals surface area (Å²) in [5.74, 6) is 0. The first-order valence-corrected chi connectivity index (χ1v) is 8.95. The summed E-state index contributed by atoms with van der Waals surface area (Å²) in [5, 5.41) is 0. The van der Waals surface area contributed by atoms with Gasteiger partial charge in [0.2, 0.25) is 10.0 Å². The quantitative estimate of drug-likeness (QED) is 0.839. The maximum atomic E-state index is 13.0. The molecule has 2 atom stereocenters. The van der Waals surface area contributed by atoms with Crippen molar-refractivity contribution in [3.8, 4) is 0 Å². The molecule has 2 aliphatic heterocycles. The average molecular weight is 309 g/mol. The number of hydrogen-bond acceptors (Lipinski definition) is 4. The van der Waals surface area contributed by atoms with E-state index >= 15 is 0 Å². The molecule has 6 heteroatoms. The lowest BCUT2D eigenvalue weighted by Gasteiger charge is -2.41. The maximum absolute atomic E-state index is 13.0. The molecule has 2 aliphatic rings. The molecule has 0 spiro atoms. The Hall–Kier alpha value is -1.11. The highest BCUT2D eigenvalue weighted by Crippen LogP contribution is 2.30. The van der Waals surface area contributed by atoms with Crippen molar-refractivity contribution in [3.05, 3.63) is 23.8 Å². The van der Waals surface area contributed by atoms with Crippen LogP contribution in [0.15, 0.2) is 23.1 Å². The Kier molecular flexibility index (Phi) is 3.71. The number of nitrogens with zero attached hydrogens (tertiary/aromatic N) is 2. The average Bonchev–Trinajstić information content (AvgIpc) is 2.84. The third kappa shape index (κ3) is 2.56. The second kappa shape index (κ2) is 5.26. The third-order valence-corrected chi connectivity index (χ3v) is 6.81. The van der Waals surface area contributed by atoms with Gasteiger partial charge >= 0.3 is 0 Å². The largest absolute Gasteiger partial charge is 0.399 e. The molecule has 116 valence electrons. The molecule has 3 rings (SSSR count). The van der Waals surface area contributed by atoms with Crippen molar-refractivity contribution in [3.63, 3.8) is 0 Å². The van der Waals surface area contributed by atoms with Gasteiger partial charge in [-0.2, -0.15) is 4.31 Å². The zero-order valence-corrected chi connectivity index (χ0v) is 13.4. The van der Waals surface area contributed by atoms with Gasteiger partial charge in [-0.25, -0.2) is 8.42 Å². The van der Waals surface area contributed by atoms with Gasteiger partial charge in [-0.15, -0.1) is 0 Å². The Morgan fingerprint density at radius 3 is 2.76 bits per heavy atom. The van der Waals surface area contributed by atoms with Gasteiger partial charge in [0.25, 0.3) is 0 Å². The highest BCUT2D eigenvalue weighted by molar-refractivity contribution is 7.89. The lowest BCUT2D eigenvalue weighted by molar-refractivity contribution is 0.117. The van der Waals surface area contributed by atoms with Gasteiger partial charge in [-0.05, 0) is 57.0 Å². The zero-order valence-electron chi connectivity index (χ0n) is 12.6. The number of aryl methyl sites for hydroxylation is 1. The minimum atomic E-state index is -3.45. The van der Waals surface area contributed by atoms with E-state index in [-0.39, 0.29) is 6.04 Å². The van der Waals surface area contributed by atoms with Crippen molar-refractivity contribution < 1.29 is 8.42 Å². The standard InChI is InChI=1S/C15H23N3O2S/c1-11-8-13(16)5-6-15(11)21(19,20)18-10-14-4-3-7-17(14)9-12(18)2/h5-6,8,12,14H,3-4,7,9-10,16H2,1-2H3. The number of rotatable bonds is 2. The smallest absolute Gasteiger partial charge is 0.243 e. The molecule has 0 radical (unpaired) electrons. The monoisotopic (exact) mass is 309 g/mol. The summed E-state index contributed by atoms with van der Waals surface area (Å²) < 4.78 is 27.6. The second-order valence-electron chi connectivity index (χ2n) is 6.24. The molecule has 0 aliphatic carbocycles. The van der Waals surface area contributed by atoms with E-state index in [4.69, 9.17) is 5.73 Å². The van der Waals surface area contributed by atoms with Crippen LogP contribution in [0.4, 0.5) is 5.69 Å². The Bertz CT molecular complexity index is 644. The van der Waals surface area contributed by atoms with Crippen molar-refractivity contribution in [1.29, 1.82) is 0 Å². The number of hydrogen-bond donors (Lipinski definition) is 1. The number of nitrogens with two attached hydrogens (primary N) is 1. The number of fused-ring (bicyclic) bond motifs is 1. The first kappa shape index (κ1) is 14.8. The topological polar surface area (TPSA) is 66.6 Å². The molecule has 2 unspecified atom stereocenters. The summed E-state index contributed by atoms with van der Waals surface area (Å²) >= 11 is 0. The van der Waals surface area contributed by atoms with Crippen LogP contribution in [0.3, 0.4) is 0 Å². The van der Waals surface area contributed by atoms with E-state index in [2.05, 4.69) is 4.90 Å². The Labute approximate surface area is 126 Å². The van der Waals surface area contributed by atoms with E-state index in [1.807, 2.05) is 6.92 Å². The minimum Gasteiger partial charge on any atom is -0.399 e. The molecule has 2 heterocycles. The zero-order chi connectivity index (χ0) is 15.2. The molecule has 2 fully saturated rings.